The number of allylic oxidation sites excluding steroid dienone is 1. The molecular formula is C18H24F2N2O3S. The van der Waals surface area contributed by atoms with Gasteiger partial charge in [-0.25, -0.2) is 17.2 Å². The number of carbonyl (C=O) groups excluding carboxylic acids is 1. The van der Waals surface area contributed by atoms with Gasteiger partial charge in [-0.05, 0) is 44.2 Å². The van der Waals surface area contributed by atoms with Gasteiger partial charge in [-0.3, -0.25) is 9.10 Å². The van der Waals surface area contributed by atoms with E-state index in [9.17, 15) is 22.0 Å². The largest absolute Gasteiger partial charge is 0.352 e. The number of nitrogens with one attached hydrogen (secondary N) is 1. The summed E-state index contributed by atoms with van der Waals surface area (Å²) in [6, 6.07) is 2.93. The molecule has 1 amide bonds. The predicted molar refractivity (Wildman–Crippen MR) is 97.3 cm³/mol. The standard InChI is InChI=1S/C18H24F2N2O3S/c1-26(24,25)22(15-9-10-16(19)17(20)12-15)11-5-8-18(23)21-13-14-6-3-2-4-7-14/h6,9-10,12H,2-5,7-8,11,13H2,1H3,(H,21,23). The highest BCUT2D eigenvalue weighted by Gasteiger charge is 2.19. The second-order valence-corrected chi connectivity index (χ2v) is 8.33. The monoisotopic (exact) mass is 386 g/mol. The summed E-state index contributed by atoms with van der Waals surface area (Å²) in [4.78, 5) is 11.9. The van der Waals surface area contributed by atoms with Gasteiger partial charge in [0.1, 0.15) is 0 Å². The van der Waals surface area contributed by atoms with E-state index < -0.39 is 21.7 Å². The summed E-state index contributed by atoms with van der Waals surface area (Å²) in [5.74, 6) is -2.32. The second kappa shape index (κ2) is 9.12. The van der Waals surface area contributed by atoms with Crippen LogP contribution in [0.5, 0.6) is 0 Å². The van der Waals surface area contributed by atoms with Crippen molar-refractivity contribution in [3.8, 4) is 0 Å². The molecule has 0 bridgehead atoms. The molecule has 5 nitrogen and oxygen atoms in total. The second-order valence-electron chi connectivity index (χ2n) is 6.42. The zero-order valence-corrected chi connectivity index (χ0v) is 15.6. The fourth-order valence-corrected chi connectivity index (χ4v) is 3.83. The molecule has 1 aliphatic carbocycles. The highest BCUT2D eigenvalue weighted by molar-refractivity contribution is 7.92. The molecule has 0 aromatic heterocycles. The lowest BCUT2D eigenvalue weighted by atomic mass is 10.00. The van der Waals surface area contributed by atoms with Gasteiger partial charge in [0.2, 0.25) is 15.9 Å². The van der Waals surface area contributed by atoms with Crippen molar-refractivity contribution in [2.45, 2.75) is 38.5 Å². The first kappa shape index (κ1) is 20.4. The molecular weight excluding hydrogens is 362 g/mol. The van der Waals surface area contributed by atoms with E-state index in [0.29, 0.717) is 6.54 Å². The van der Waals surface area contributed by atoms with Crippen molar-refractivity contribution in [3.63, 3.8) is 0 Å². The van der Waals surface area contributed by atoms with Gasteiger partial charge in [-0.1, -0.05) is 11.6 Å². The molecule has 144 valence electrons. The van der Waals surface area contributed by atoms with E-state index in [0.717, 1.165) is 42.0 Å². The SMILES string of the molecule is CS(=O)(=O)N(CCCC(=O)NCC1=CCCCC1)c1ccc(F)c(F)c1. The van der Waals surface area contributed by atoms with Gasteiger partial charge in [-0.15, -0.1) is 0 Å². The molecule has 1 aliphatic rings. The number of nitrogens with zero attached hydrogens (tertiary/aromatic N) is 1. The minimum atomic E-state index is -3.67. The number of amides is 1. The van der Waals surface area contributed by atoms with Crippen LogP contribution in [0.1, 0.15) is 38.5 Å². The van der Waals surface area contributed by atoms with Gasteiger partial charge in [0.15, 0.2) is 11.6 Å². The van der Waals surface area contributed by atoms with Crippen LogP contribution < -0.4 is 9.62 Å². The highest BCUT2D eigenvalue weighted by Crippen LogP contribution is 2.21. The van der Waals surface area contributed by atoms with E-state index in [1.807, 2.05) is 0 Å². The average Bonchev–Trinajstić information content (AvgIpc) is 2.59. The van der Waals surface area contributed by atoms with E-state index in [1.165, 1.54) is 18.1 Å². The molecule has 26 heavy (non-hydrogen) atoms. The van der Waals surface area contributed by atoms with E-state index in [2.05, 4.69) is 11.4 Å². The Labute approximate surface area is 153 Å². The smallest absolute Gasteiger partial charge is 0.232 e. The van der Waals surface area contributed by atoms with Crippen molar-refractivity contribution in [3.05, 3.63) is 41.5 Å². The van der Waals surface area contributed by atoms with Crippen LogP contribution in [-0.4, -0.2) is 33.7 Å². The predicted octanol–water partition coefficient (Wildman–Crippen LogP) is 3.13. The molecule has 0 saturated heterocycles. The van der Waals surface area contributed by atoms with E-state index in [1.54, 1.807) is 0 Å². The van der Waals surface area contributed by atoms with Gasteiger partial charge < -0.3 is 5.32 Å². The summed E-state index contributed by atoms with van der Waals surface area (Å²) in [6.07, 6.45) is 7.94. The normalized spacial score (nSPS) is 14.7. The molecule has 0 heterocycles. The summed E-state index contributed by atoms with van der Waals surface area (Å²) in [6.45, 7) is 0.540. The molecule has 0 aliphatic heterocycles. The van der Waals surface area contributed by atoms with Crippen LogP contribution in [0.15, 0.2) is 29.8 Å². The lowest BCUT2D eigenvalue weighted by molar-refractivity contribution is -0.120. The van der Waals surface area contributed by atoms with Crippen LogP contribution in [0.2, 0.25) is 0 Å². The minimum Gasteiger partial charge on any atom is -0.352 e. The molecule has 0 unspecified atom stereocenters. The lowest BCUT2D eigenvalue weighted by Crippen LogP contribution is -2.32. The van der Waals surface area contributed by atoms with Crippen molar-refractivity contribution >= 4 is 21.6 Å². The Hall–Kier alpha value is -1.96. The molecule has 1 aromatic rings. The first-order valence-corrected chi connectivity index (χ1v) is 10.5. The first-order valence-electron chi connectivity index (χ1n) is 8.65. The van der Waals surface area contributed by atoms with Crippen molar-refractivity contribution in [1.29, 1.82) is 0 Å². The third-order valence-electron chi connectivity index (χ3n) is 4.25. The maximum absolute atomic E-state index is 13.4. The molecule has 0 fully saturated rings. The molecule has 0 spiro atoms. The molecule has 0 radical (unpaired) electrons. The van der Waals surface area contributed by atoms with Gasteiger partial charge >= 0.3 is 0 Å². The third kappa shape index (κ3) is 6.09. The zero-order chi connectivity index (χ0) is 19.2. The van der Waals surface area contributed by atoms with E-state index in [-0.39, 0.29) is 31.0 Å². The molecule has 0 saturated carbocycles. The van der Waals surface area contributed by atoms with Crippen LogP contribution in [0.3, 0.4) is 0 Å². The molecule has 2 rings (SSSR count). The number of halogens is 2. The Kier molecular flexibility index (Phi) is 7.14. The van der Waals surface area contributed by atoms with Crippen molar-refractivity contribution in [2.75, 3.05) is 23.7 Å². The summed E-state index contributed by atoms with van der Waals surface area (Å²) in [7, 11) is -3.67. The number of hydrogen-bond acceptors (Lipinski definition) is 3. The van der Waals surface area contributed by atoms with Crippen LogP contribution >= 0.6 is 0 Å². The van der Waals surface area contributed by atoms with Gasteiger partial charge in [-0.2, -0.15) is 0 Å². The van der Waals surface area contributed by atoms with Crippen LogP contribution in [-0.2, 0) is 14.8 Å². The number of carbonyl (C=O) groups is 1. The van der Waals surface area contributed by atoms with Crippen LogP contribution in [0.4, 0.5) is 14.5 Å². The Morgan fingerprint density at radius 1 is 1.23 bits per heavy atom. The van der Waals surface area contributed by atoms with E-state index in [4.69, 9.17) is 0 Å². The molecule has 1 aromatic carbocycles. The summed E-state index contributed by atoms with van der Waals surface area (Å²) >= 11 is 0. The van der Waals surface area contributed by atoms with E-state index >= 15 is 0 Å². The lowest BCUT2D eigenvalue weighted by Gasteiger charge is -2.22. The minimum absolute atomic E-state index is 0.0139. The number of anilines is 1. The van der Waals surface area contributed by atoms with Crippen LogP contribution in [0, 0.1) is 11.6 Å². The fraction of sp³-hybridized carbons (Fsp3) is 0.500. The van der Waals surface area contributed by atoms with Gasteiger partial charge in [0.05, 0.1) is 11.9 Å². The third-order valence-corrected chi connectivity index (χ3v) is 5.45. The average molecular weight is 386 g/mol. The Bertz CT molecular complexity index is 779. The Morgan fingerprint density at radius 2 is 2.00 bits per heavy atom. The maximum atomic E-state index is 13.4. The first-order chi connectivity index (χ1) is 12.3. The fourth-order valence-electron chi connectivity index (χ4n) is 2.88. The quantitative estimate of drug-likeness (QED) is 0.698. The van der Waals surface area contributed by atoms with Gasteiger partial charge in [0, 0.05) is 25.6 Å². The summed E-state index contributed by atoms with van der Waals surface area (Å²) in [5, 5.41) is 2.84. The number of sulfonamides is 1. The van der Waals surface area contributed by atoms with Crippen LogP contribution in [0.25, 0.3) is 0 Å². The molecule has 8 heteroatoms. The number of hydrogen-bond donors (Lipinski definition) is 1. The summed E-state index contributed by atoms with van der Waals surface area (Å²) < 4.78 is 51.3. The van der Waals surface area contributed by atoms with Crippen molar-refractivity contribution < 1.29 is 22.0 Å². The highest BCUT2D eigenvalue weighted by atomic mass is 32.2. The maximum Gasteiger partial charge on any atom is 0.232 e. The Balaban J connectivity index is 1.88. The Morgan fingerprint density at radius 3 is 2.62 bits per heavy atom. The number of benzene rings is 1. The van der Waals surface area contributed by atoms with Gasteiger partial charge in [0.25, 0.3) is 0 Å². The van der Waals surface area contributed by atoms with Crippen molar-refractivity contribution in [1.82, 2.24) is 5.32 Å². The number of rotatable bonds is 8. The molecule has 1 N–H and O–H groups in total. The molecule has 0 atom stereocenters. The zero-order valence-electron chi connectivity index (χ0n) is 14.8. The van der Waals surface area contributed by atoms with Crippen molar-refractivity contribution in [2.24, 2.45) is 0 Å². The summed E-state index contributed by atoms with van der Waals surface area (Å²) in [5.41, 5.74) is 1.27. The topological polar surface area (TPSA) is 66.5 Å².